The Hall–Kier alpha value is -1.81. The van der Waals surface area contributed by atoms with Crippen molar-refractivity contribution in [2.24, 2.45) is 0 Å². The van der Waals surface area contributed by atoms with Gasteiger partial charge in [0.2, 0.25) is 5.91 Å². The third-order valence-electron chi connectivity index (χ3n) is 2.11. The molecular formula is C15H18ClNO3. The van der Waals surface area contributed by atoms with Gasteiger partial charge in [-0.05, 0) is 44.5 Å². The lowest BCUT2D eigenvalue weighted by molar-refractivity contribution is -0.150. The molecule has 5 heteroatoms. The first kappa shape index (κ1) is 16.2. The summed E-state index contributed by atoms with van der Waals surface area (Å²) in [5.41, 5.74) is 0.202. The molecule has 0 atom stereocenters. The molecule has 4 nitrogen and oxygen atoms in total. The van der Waals surface area contributed by atoms with Crippen molar-refractivity contribution in [1.82, 2.24) is 5.32 Å². The second-order valence-electron chi connectivity index (χ2n) is 5.29. The van der Waals surface area contributed by atoms with E-state index in [1.807, 2.05) is 0 Å². The molecule has 20 heavy (non-hydrogen) atoms. The number of ether oxygens (including phenoxy) is 1. The average Bonchev–Trinajstić information content (AvgIpc) is 2.28. The van der Waals surface area contributed by atoms with Gasteiger partial charge in [-0.2, -0.15) is 0 Å². The molecule has 0 saturated heterocycles. The Balaban J connectivity index is 3.02. The van der Waals surface area contributed by atoms with Crippen LogP contribution in [-0.4, -0.2) is 17.5 Å². The molecule has 0 bridgehead atoms. The maximum atomic E-state index is 12.0. The van der Waals surface area contributed by atoms with Crippen molar-refractivity contribution in [3.63, 3.8) is 0 Å². The second kappa shape index (κ2) is 6.57. The number of carbonyl (C=O) groups excluding carboxylic acids is 2. The van der Waals surface area contributed by atoms with E-state index in [1.165, 1.54) is 6.92 Å². The SMILES string of the molecule is CC(=O)N/C(=C\c1ccc(Cl)cc1)C(=O)OC(C)(C)C. The Morgan fingerprint density at radius 3 is 2.20 bits per heavy atom. The minimum absolute atomic E-state index is 0.0924. The van der Waals surface area contributed by atoms with Crippen LogP contribution in [0.4, 0.5) is 0 Å². The maximum absolute atomic E-state index is 12.0. The van der Waals surface area contributed by atoms with E-state index >= 15 is 0 Å². The summed E-state index contributed by atoms with van der Waals surface area (Å²) < 4.78 is 5.25. The van der Waals surface area contributed by atoms with Gasteiger partial charge in [0.25, 0.3) is 0 Å². The van der Waals surface area contributed by atoms with Gasteiger partial charge in [0.05, 0.1) is 0 Å². The molecular weight excluding hydrogens is 278 g/mol. The Kier molecular flexibility index (Phi) is 5.34. The van der Waals surface area contributed by atoms with Gasteiger partial charge in [-0.25, -0.2) is 4.79 Å². The van der Waals surface area contributed by atoms with Crippen LogP contribution in [0.5, 0.6) is 0 Å². The van der Waals surface area contributed by atoms with Crippen LogP contribution in [-0.2, 0) is 14.3 Å². The second-order valence-corrected chi connectivity index (χ2v) is 5.73. The number of nitrogens with one attached hydrogen (secondary N) is 1. The van der Waals surface area contributed by atoms with Crippen molar-refractivity contribution in [1.29, 1.82) is 0 Å². The van der Waals surface area contributed by atoms with Crippen LogP contribution in [0.15, 0.2) is 30.0 Å². The molecule has 0 aromatic heterocycles. The van der Waals surface area contributed by atoms with E-state index in [2.05, 4.69) is 5.32 Å². The highest BCUT2D eigenvalue weighted by Gasteiger charge is 2.20. The fourth-order valence-electron chi connectivity index (χ4n) is 1.39. The standard InChI is InChI=1S/C15H18ClNO3/c1-10(18)17-13(14(19)20-15(2,3)4)9-11-5-7-12(16)8-6-11/h5-9H,1-4H3,(H,17,18)/b13-9-. The molecule has 0 radical (unpaired) electrons. The van der Waals surface area contributed by atoms with E-state index in [1.54, 1.807) is 51.1 Å². The summed E-state index contributed by atoms with van der Waals surface area (Å²) in [5, 5.41) is 3.08. The van der Waals surface area contributed by atoms with Gasteiger partial charge in [0.15, 0.2) is 0 Å². The number of hydrogen-bond acceptors (Lipinski definition) is 3. The summed E-state index contributed by atoms with van der Waals surface area (Å²) in [6, 6.07) is 6.89. The first-order valence-electron chi connectivity index (χ1n) is 6.15. The molecule has 0 unspecified atom stereocenters. The molecule has 0 spiro atoms. The van der Waals surface area contributed by atoms with Crippen LogP contribution >= 0.6 is 11.6 Å². The quantitative estimate of drug-likeness (QED) is 0.688. The maximum Gasteiger partial charge on any atom is 0.355 e. The van der Waals surface area contributed by atoms with Crippen molar-refractivity contribution >= 4 is 29.6 Å². The first-order valence-corrected chi connectivity index (χ1v) is 6.53. The van der Waals surface area contributed by atoms with E-state index in [-0.39, 0.29) is 11.6 Å². The van der Waals surface area contributed by atoms with E-state index in [0.717, 1.165) is 5.56 Å². The number of amides is 1. The van der Waals surface area contributed by atoms with Crippen molar-refractivity contribution < 1.29 is 14.3 Å². The third kappa shape index (κ3) is 5.89. The number of hydrogen-bond donors (Lipinski definition) is 1. The Bertz CT molecular complexity index is 527. The van der Waals surface area contributed by atoms with Crippen LogP contribution < -0.4 is 5.32 Å². The molecule has 0 fully saturated rings. The predicted octanol–water partition coefficient (Wildman–Crippen LogP) is 3.16. The van der Waals surface area contributed by atoms with Crippen LogP contribution in [0.2, 0.25) is 5.02 Å². The molecule has 0 aliphatic carbocycles. The van der Waals surface area contributed by atoms with Crippen LogP contribution in [0.1, 0.15) is 33.3 Å². The number of halogens is 1. The predicted molar refractivity (Wildman–Crippen MR) is 79.1 cm³/mol. The molecule has 1 aromatic rings. The molecule has 0 aliphatic heterocycles. The Morgan fingerprint density at radius 2 is 1.75 bits per heavy atom. The number of esters is 1. The van der Waals surface area contributed by atoms with Gasteiger partial charge in [-0.3, -0.25) is 4.79 Å². The lowest BCUT2D eigenvalue weighted by atomic mass is 10.1. The minimum Gasteiger partial charge on any atom is -0.455 e. The zero-order valence-electron chi connectivity index (χ0n) is 12.0. The topological polar surface area (TPSA) is 55.4 Å². The third-order valence-corrected chi connectivity index (χ3v) is 2.36. The van der Waals surface area contributed by atoms with Crippen LogP contribution in [0.25, 0.3) is 6.08 Å². The molecule has 1 rings (SSSR count). The summed E-state index contributed by atoms with van der Waals surface area (Å²) in [5.74, 6) is -0.918. The van der Waals surface area contributed by atoms with Crippen molar-refractivity contribution in [3.05, 3.63) is 40.5 Å². The Morgan fingerprint density at radius 1 is 1.20 bits per heavy atom. The van der Waals surface area contributed by atoms with Crippen molar-refractivity contribution in [2.75, 3.05) is 0 Å². The molecule has 0 heterocycles. The summed E-state index contributed by atoms with van der Waals surface area (Å²) in [4.78, 5) is 23.2. The largest absolute Gasteiger partial charge is 0.455 e. The van der Waals surface area contributed by atoms with Crippen LogP contribution in [0, 0.1) is 0 Å². The van der Waals surface area contributed by atoms with Gasteiger partial charge in [0, 0.05) is 11.9 Å². The number of benzene rings is 1. The minimum atomic E-state index is -0.630. The number of rotatable bonds is 3. The monoisotopic (exact) mass is 295 g/mol. The lowest BCUT2D eigenvalue weighted by Crippen LogP contribution is -2.31. The molecule has 108 valence electrons. The van der Waals surface area contributed by atoms with Gasteiger partial charge in [0.1, 0.15) is 11.3 Å². The first-order chi connectivity index (χ1) is 9.17. The average molecular weight is 296 g/mol. The van der Waals surface area contributed by atoms with Crippen LogP contribution in [0.3, 0.4) is 0 Å². The summed E-state index contributed by atoms with van der Waals surface area (Å²) >= 11 is 5.80. The number of carbonyl (C=O) groups is 2. The van der Waals surface area contributed by atoms with E-state index in [9.17, 15) is 9.59 Å². The lowest BCUT2D eigenvalue weighted by Gasteiger charge is -2.20. The van der Waals surface area contributed by atoms with E-state index < -0.39 is 11.6 Å². The van der Waals surface area contributed by atoms with Crippen molar-refractivity contribution in [2.45, 2.75) is 33.3 Å². The van der Waals surface area contributed by atoms with Gasteiger partial charge < -0.3 is 10.1 Å². The summed E-state index contributed by atoms with van der Waals surface area (Å²) in [6.07, 6.45) is 1.55. The van der Waals surface area contributed by atoms with E-state index in [4.69, 9.17) is 16.3 Å². The Labute approximate surface area is 123 Å². The smallest absolute Gasteiger partial charge is 0.355 e. The van der Waals surface area contributed by atoms with Gasteiger partial charge in [-0.15, -0.1) is 0 Å². The zero-order valence-corrected chi connectivity index (χ0v) is 12.7. The van der Waals surface area contributed by atoms with Gasteiger partial charge >= 0.3 is 5.97 Å². The van der Waals surface area contributed by atoms with Crippen molar-refractivity contribution in [3.8, 4) is 0 Å². The van der Waals surface area contributed by atoms with E-state index in [0.29, 0.717) is 5.02 Å². The fraction of sp³-hybridized carbons (Fsp3) is 0.333. The highest BCUT2D eigenvalue weighted by molar-refractivity contribution is 6.30. The molecule has 1 N–H and O–H groups in total. The normalized spacial score (nSPS) is 11.9. The summed E-state index contributed by atoms with van der Waals surface area (Å²) in [7, 11) is 0. The molecule has 0 saturated carbocycles. The highest BCUT2D eigenvalue weighted by Crippen LogP contribution is 2.14. The molecule has 0 aliphatic rings. The fourth-order valence-corrected chi connectivity index (χ4v) is 1.52. The zero-order chi connectivity index (χ0) is 15.3. The molecule has 1 aromatic carbocycles. The molecule has 1 amide bonds. The highest BCUT2D eigenvalue weighted by atomic mass is 35.5. The van der Waals surface area contributed by atoms with Gasteiger partial charge in [-0.1, -0.05) is 23.7 Å². The summed E-state index contributed by atoms with van der Waals surface area (Å²) in [6.45, 7) is 6.62.